The van der Waals surface area contributed by atoms with Crippen LogP contribution < -0.4 is 10.6 Å². The summed E-state index contributed by atoms with van der Waals surface area (Å²) in [6.45, 7) is 4.51. The van der Waals surface area contributed by atoms with Crippen molar-refractivity contribution >= 4 is 52.6 Å². The quantitative estimate of drug-likeness (QED) is 0.249. The molecule has 3 rings (SSSR count). The molecule has 0 bridgehead atoms. The number of thiophene rings is 1. The van der Waals surface area contributed by atoms with E-state index >= 15 is 0 Å². The third kappa shape index (κ3) is 7.63. The van der Waals surface area contributed by atoms with Gasteiger partial charge in [-0.25, -0.2) is 4.98 Å². The molecule has 5 nitrogen and oxygen atoms in total. The zero-order valence-electron chi connectivity index (χ0n) is 15.3. The molecule has 0 aliphatic rings. The standard InChI is InChI=1S/C19H24N4OS2.HI/c1-15(18-20-10-13-26-18)14-23-19(21-8-6-16-4-2-11-24-16)22-9-7-17-5-3-12-25-17;/h2-5,10-13,15H,6-9,14H2,1H3,(H2,21,22,23);1H. The van der Waals surface area contributed by atoms with Crippen LogP contribution >= 0.6 is 46.7 Å². The Morgan fingerprint density at radius 3 is 2.67 bits per heavy atom. The van der Waals surface area contributed by atoms with Crippen LogP contribution in [0, 0.1) is 0 Å². The van der Waals surface area contributed by atoms with Gasteiger partial charge in [0.25, 0.3) is 0 Å². The molecule has 0 amide bonds. The first-order valence-electron chi connectivity index (χ1n) is 8.77. The molecular formula is C19H25IN4OS2. The zero-order chi connectivity index (χ0) is 18.0. The van der Waals surface area contributed by atoms with Gasteiger partial charge in [0.05, 0.1) is 17.8 Å². The zero-order valence-corrected chi connectivity index (χ0v) is 19.2. The minimum Gasteiger partial charge on any atom is -0.469 e. The van der Waals surface area contributed by atoms with Crippen LogP contribution in [0.1, 0.15) is 28.5 Å². The maximum absolute atomic E-state index is 5.39. The molecule has 0 fully saturated rings. The Kier molecular flexibility index (Phi) is 9.85. The fraction of sp³-hybridized carbons (Fsp3) is 0.368. The van der Waals surface area contributed by atoms with Gasteiger partial charge in [-0.1, -0.05) is 13.0 Å². The van der Waals surface area contributed by atoms with Gasteiger partial charge in [0.15, 0.2) is 5.96 Å². The SMILES string of the molecule is CC(CN=C(NCCc1ccco1)NCCc1cccs1)c1nccs1.I. The molecule has 1 atom stereocenters. The molecule has 1 unspecified atom stereocenters. The lowest BCUT2D eigenvalue weighted by Gasteiger charge is -2.13. The van der Waals surface area contributed by atoms with Crippen LogP contribution in [0.4, 0.5) is 0 Å². The average Bonchev–Trinajstić information content (AvgIpc) is 3.42. The largest absolute Gasteiger partial charge is 0.469 e. The van der Waals surface area contributed by atoms with Gasteiger partial charge in [-0.05, 0) is 30.0 Å². The second-order valence-electron chi connectivity index (χ2n) is 5.97. The van der Waals surface area contributed by atoms with Crippen molar-refractivity contribution in [3.05, 3.63) is 63.1 Å². The number of thiazole rings is 1. The lowest BCUT2D eigenvalue weighted by Crippen LogP contribution is -2.39. The van der Waals surface area contributed by atoms with Crippen LogP contribution in [0.25, 0.3) is 0 Å². The average molecular weight is 516 g/mol. The Morgan fingerprint density at radius 2 is 2.00 bits per heavy atom. The highest BCUT2D eigenvalue weighted by molar-refractivity contribution is 14.0. The van der Waals surface area contributed by atoms with E-state index in [1.807, 2.05) is 23.7 Å². The Hall–Kier alpha value is -1.39. The van der Waals surface area contributed by atoms with Crippen LogP contribution in [0.3, 0.4) is 0 Å². The molecule has 0 aliphatic heterocycles. The maximum atomic E-state index is 5.39. The predicted molar refractivity (Wildman–Crippen MR) is 125 cm³/mol. The van der Waals surface area contributed by atoms with Gasteiger partial charge in [-0.2, -0.15) is 0 Å². The number of nitrogens with one attached hydrogen (secondary N) is 2. The fourth-order valence-electron chi connectivity index (χ4n) is 2.48. The summed E-state index contributed by atoms with van der Waals surface area (Å²) in [5.41, 5.74) is 0. The van der Waals surface area contributed by atoms with Crippen LogP contribution in [0.2, 0.25) is 0 Å². The van der Waals surface area contributed by atoms with Gasteiger partial charge in [-0.15, -0.1) is 46.7 Å². The monoisotopic (exact) mass is 516 g/mol. The highest BCUT2D eigenvalue weighted by atomic mass is 127. The molecule has 0 aromatic carbocycles. The topological polar surface area (TPSA) is 62.5 Å². The summed E-state index contributed by atoms with van der Waals surface area (Å²) in [7, 11) is 0. The van der Waals surface area contributed by atoms with E-state index in [4.69, 9.17) is 9.41 Å². The summed E-state index contributed by atoms with van der Waals surface area (Å²) >= 11 is 3.47. The molecule has 0 aliphatic carbocycles. The van der Waals surface area contributed by atoms with Crippen molar-refractivity contribution in [2.24, 2.45) is 4.99 Å². The first kappa shape index (κ1) is 21.9. The molecule has 27 heavy (non-hydrogen) atoms. The third-order valence-corrected chi connectivity index (χ3v) is 5.83. The summed E-state index contributed by atoms with van der Waals surface area (Å²) in [4.78, 5) is 10.5. The summed E-state index contributed by atoms with van der Waals surface area (Å²) in [5, 5.41) is 12.1. The number of aliphatic imine (C=N–C) groups is 1. The smallest absolute Gasteiger partial charge is 0.191 e. The van der Waals surface area contributed by atoms with Gasteiger partial charge in [0.1, 0.15) is 5.76 Å². The van der Waals surface area contributed by atoms with E-state index in [1.165, 1.54) is 4.88 Å². The van der Waals surface area contributed by atoms with Crippen LogP contribution in [0.5, 0.6) is 0 Å². The number of halogens is 1. The first-order valence-corrected chi connectivity index (χ1v) is 10.5. The minimum absolute atomic E-state index is 0. The van der Waals surface area contributed by atoms with Crippen molar-refractivity contribution < 1.29 is 4.42 Å². The summed E-state index contributed by atoms with van der Waals surface area (Å²) in [6.07, 6.45) is 5.39. The number of rotatable bonds is 9. The van der Waals surface area contributed by atoms with E-state index in [1.54, 1.807) is 28.9 Å². The van der Waals surface area contributed by atoms with Crippen molar-refractivity contribution in [2.75, 3.05) is 19.6 Å². The first-order chi connectivity index (χ1) is 12.8. The number of furan rings is 1. The maximum Gasteiger partial charge on any atom is 0.191 e. The normalized spacial score (nSPS) is 12.4. The van der Waals surface area contributed by atoms with Crippen LogP contribution in [0.15, 0.2) is 56.9 Å². The molecule has 2 N–H and O–H groups in total. The van der Waals surface area contributed by atoms with E-state index in [9.17, 15) is 0 Å². The Labute approximate surface area is 185 Å². The molecule has 146 valence electrons. The molecule has 0 saturated carbocycles. The van der Waals surface area contributed by atoms with Crippen LogP contribution in [-0.2, 0) is 12.8 Å². The van der Waals surface area contributed by atoms with Crippen molar-refractivity contribution in [1.82, 2.24) is 15.6 Å². The minimum atomic E-state index is 0. The van der Waals surface area contributed by atoms with E-state index in [2.05, 4.69) is 40.1 Å². The van der Waals surface area contributed by atoms with Crippen molar-refractivity contribution in [1.29, 1.82) is 0 Å². The highest BCUT2D eigenvalue weighted by Crippen LogP contribution is 2.17. The fourth-order valence-corrected chi connectivity index (χ4v) is 3.88. The van der Waals surface area contributed by atoms with Crippen molar-refractivity contribution in [2.45, 2.75) is 25.7 Å². The van der Waals surface area contributed by atoms with E-state index in [0.717, 1.165) is 42.7 Å². The van der Waals surface area contributed by atoms with E-state index in [0.29, 0.717) is 12.5 Å². The van der Waals surface area contributed by atoms with Gasteiger partial charge in [0, 0.05) is 41.9 Å². The molecule has 3 aromatic heterocycles. The van der Waals surface area contributed by atoms with Gasteiger partial charge < -0.3 is 15.1 Å². The molecule has 0 spiro atoms. The number of aromatic nitrogens is 1. The Balaban J connectivity index is 0.00000261. The molecular weight excluding hydrogens is 491 g/mol. The molecule has 3 aromatic rings. The van der Waals surface area contributed by atoms with Crippen molar-refractivity contribution in [3.63, 3.8) is 0 Å². The lowest BCUT2D eigenvalue weighted by molar-refractivity contribution is 0.506. The number of hydrogen-bond donors (Lipinski definition) is 2. The second-order valence-corrected chi connectivity index (χ2v) is 7.93. The van der Waals surface area contributed by atoms with E-state index < -0.39 is 0 Å². The highest BCUT2D eigenvalue weighted by Gasteiger charge is 2.08. The summed E-state index contributed by atoms with van der Waals surface area (Å²) in [6, 6.07) is 8.16. The van der Waals surface area contributed by atoms with Crippen LogP contribution in [-0.4, -0.2) is 30.6 Å². The van der Waals surface area contributed by atoms with Gasteiger partial charge in [-0.3, -0.25) is 4.99 Å². The summed E-state index contributed by atoms with van der Waals surface area (Å²) in [5.74, 6) is 2.14. The van der Waals surface area contributed by atoms with E-state index in [-0.39, 0.29) is 24.0 Å². The number of nitrogens with zero attached hydrogens (tertiary/aromatic N) is 2. The van der Waals surface area contributed by atoms with Gasteiger partial charge in [0.2, 0.25) is 0 Å². The predicted octanol–water partition coefficient (Wildman–Crippen LogP) is 4.54. The molecule has 8 heteroatoms. The molecule has 0 radical (unpaired) electrons. The number of guanidine groups is 1. The number of hydrogen-bond acceptors (Lipinski definition) is 5. The molecule has 3 heterocycles. The molecule has 0 saturated heterocycles. The third-order valence-electron chi connectivity index (χ3n) is 3.88. The Bertz CT molecular complexity index is 716. The van der Waals surface area contributed by atoms with Gasteiger partial charge >= 0.3 is 0 Å². The summed E-state index contributed by atoms with van der Waals surface area (Å²) < 4.78 is 5.39. The van der Waals surface area contributed by atoms with Crippen molar-refractivity contribution in [3.8, 4) is 0 Å². The second kappa shape index (κ2) is 12.1. The Morgan fingerprint density at radius 1 is 1.15 bits per heavy atom. The lowest BCUT2D eigenvalue weighted by atomic mass is 10.2.